The fraction of sp³-hybridized carbons (Fsp3) is 0.714. The summed E-state index contributed by atoms with van der Waals surface area (Å²) in [4.78, 5) is 7.98. The maximum absolute atomic E-state index is 5.86. The fourth-order valence-electron chi connectivity index (χ4n) is 1.27. The number of nitrogens with zero attached hydrogens (tertiary/aromatic N) is 2. The van der Waals surface area contributed by atoms with Gasteiger partial charge in [-0.25, -0.2) is 9.98 Å². The van der Waals surface area contributed by atoms with Crippen molar-refractivity contribution in [3.8, 4) is 0 Å². The Morgan fingerprint density at radius 1 is 1.14 bits per heavy atom. The van der Waals surface area contributed by atoms with E-state index in [0.29, 0.717) is 13.0 Å². The van der Waals surface area contributed by atoms with Crippen LogP contribution in [0.2, 0.25) is 0 Å². The van der Waals surface area contributed by atoms with Crippen molar-refractivity contribution in [3.05, 3.63) is 0 Å². The highest BCUT2D eigenvalue weighted by Gasteiger charge is 2.26. The Kier molecular flexibility index (Phi) is 3.26. The third-order valence-electron chi connectivity index (χ3n) is 1.88. The zero-order valence-electron chi connectivity index (χ0n) is 8.03. The summed E-state index contributed by atoms with van der Waals surface area (Å²) < 4.78 is 0. The van der Waals surface area contributed by atoms with E-state index in [2.05, 4.69) is 15.3 Å². The van der Waals surface area contributed by atoms with Gasteiger partial charge in [-0.2, -0.15) is 0 Å². The Hall–Kier alpha value is -1.34. The minimum atomic E-state index is -1.02. The molecule has 0 saturated carbocycles. The molecule has 7 heteroatoms. The summed E-state index contributed by atoms with van der Waals surface area (Å²) in [5, 5.41) is 2.58. The molecule has 0 aliphatic carbocycles. The van der Waals surface area contributed by atoms with E-state index in [9.17, 15) is 0 Å². The van der Waals surface area contributed by atoms with Gasteiger partial charge in [-0.15, -0.1) is 0 Å². The molecule has 0 unspecified atom stereocenters. The number of nitrogens with two attached hydrogens (primary N) is 4. The van der Waals surface area contributed by atoms with Gasteiger partial charge >= 0.3 is 0 Å². The highest BCUT2D eigenvalue weighted by Crippen LogP contribution is 2.15. The third kappa shape index (κ3) is 2.86. The predicted octanol–water partition coefficient (Wildman–Crippen LogP) is -2.04. The van der Waals surface area contributed by atoms with Crippen molar-refractivity contribution in [1.29, 1.82) is 0 Å². The summed E-state index contributed by atoms with van der Waals surface area (Å²) in [6.07, 6.45) is 2.32. The number of unbranched alkanes of at least 4 members (excludes halogenated alkanes) is 1. The van der Waals surface area contributed by atoms with Gasteiger partial charge in [0, 0.05) is 6.42 Å². The van der Waals surface area contributed by atoms with Crippen LogP contribution in [0.1, 0.15) is 19.3 Å². The van der Waals surface area contributed by atoms with E-state index in [0.717, 1.165) is 12.8 Å². The van der Waals surface area contributed by atoms with E-state index in [1.807, 2.05) is 0 Å². The fourth-order valence-corrected chi connectivity index (χ4v) is 1.27. The Morgan fingerprint density at radius 2 is 1.71 bits per heavy atom. The Balaban J connectivity index is 2.58. The number of hydrogen-bond donors (Lipinski definition) is 5. The number of aliphatic imine (C=N–C) groups is 2. The normalized spacial score (nSPS) is 19.6. The van der Waals surface area contributed by atoms with Gasteiger partial charge in [0.1, 0.15) is 0 Å². The number of rotatable bonds is 4. The van der Waals surface area contributed by atoms with Gasteiger partial charge in [-0.05, 0) is 19.4 Å². The predicted molar refractivity (Wildman–Crippen MR) is 56.2 cm³/mol. The van der Waals surface area contributed by atoms with Crippen molar-refractivity contribution in [3.63, 3.8) is 0 Å². The van der Waals surface area contributed by atoms with Crippen LogP contribution in [0.5, 0.6) is 0 Å². The van der Waals surface area contributed by atoms with Crippen LogP contribution in [0.25, 0.3) is 0 Å². The molecule has 0 fully saturated rings. The molecular weight excluding hydrogens is 182 g/mol. The highest BCUT2D eigenvalue weighted by molar-refractivity contribution is 5.98. The summed E-state index contributed by atoms with van der Waals surface area (Å²) in [6, 6.07) is 0. The second kappa shape index (κ2) is 4.25. The van der Waals surface area contributed by atoms with Crippen molar-refractivity contribution >= 4 is 11.9 Å². The molecule has 0 atom stereocenters. The molecule has 9 N–H and O–H groups in total. The molecule has 80 valence electrons. The molecule has 14 heavy (non-hydrogen) atoms. The largest absolute Gasteiger partial charge is 0.370 e. The number of guanidine groups is 2. The Bertz CT molecular complexity index is 239. The molecular formula is C7H17N7. The molecule has 0 aromatic rings. The Labute approximate surface area is 82.6 Å². The molecule has 7 nitrogen and oxygen atoms in total. The molecule has 0 spiro atoms. The monoisotopic (exact) mass is 199 g/mol. The smallest absolute Gasteiger partial charge is 0.209 e. The first kappa shape index (κ1) is 10.7. The van der Waals surface area contributed by atoms with Gasteiger partial charge in [0.2, 0.25) is 5.79 Å². The van der Waals surface area contributed by atoms with Gasteiger partial charge in [-0.1, -0.05) is 0 Å². The van der Waals surface area contributed by atoms with E-state index in [1.165, 1.54) is 0 Å². The van der Waals surface area contributed by atoms with Crippen LogP contribution >= 0.6 is 0 Å². The maximum Gasteiger partial charge on any atom is 0.209 e. The van der Waals surface area contributed by atoms with Gasteiger partial charge < -0.3 is 17.2 Å². The SMILES string of the molecule is NCCCCC1(N)N=C(N)NC(N)=N1. The van der Waals surface area contributed by atoms with E-state index in [1.54, 1.807) is 0 Å². The highest BCUT2D eigenvalue weighted by atomic mass is 15.4. The van der Waals surface area contributed by atoms with Crippen LogP contribution < -0.4 is 28.3 Å². The average molecular weight is 199 g/mol. The number of hydrogen-bond acceptors (Lipinski definition) is 7. The van der Waals surface area contributed by atoms with E-state index >= 15 is 0 Å². The lowest BCUT2D eigenvalue weighted by Crippen LogP contribution is -2.52. The molecule has 0 radical (unpaired) electrons. The van der Waals surface area contributed by atoms with Gasteiger partial charge in [0.05, 0.1) is 0 Å². The van der Waals surface area contributed by atoms with Crippen LogP contribution in [0.15, 0.2) is 9.98 Å². The van der Waals surface area contributed by atoms with Gasteiger partial charge in [-0.3, -0.25) is 11.1 Å². The van der Waals surface area contributed by atoms with E-state index < -0.39 is 5.79 Å². The summed E-state index contributed by atoms with van der Waals surface area (Å²) >= 11 is 0. The second-order valence-corrected chi connectivity index (χ2v) is 3.24. The lowest BCUT2D eigenvalue weighted by Gasteiger charge is -2.25. The number of nitrogens with one attached hydrogen (secondary N) is 1. The molecule has 0 aromatic carbocycles. The van der Waals surface area contributed by atoms with E-state index in [-0.39, 0.29) is 11.9 Å². The summed E-state index contributed by atoms with van der Waals surface area (Å²) in [7, 11) is 0. The van der Waals surface area contributed by atoms with Crippen molar-refractivity contribution in [2.24, 2.45) is 32.9 Å². The minimum absolute atomic E-state index is 0.202. The van der Waals surface area contributed by atoms with Crippen LogP contribution in [-0.2, 0) is 0 Å². The molecule has 0 aromatic heterocycles. The van der Waals surface area contributed by atoms with Crippen LogP contribution in [-0.4, -0.2) is 24.3 Å². The van der Waals surface area contributed by atoms with Crippen molar-refractivity contribution in [2.75, 3.05) is 6.54 Å². The maximum atomic E-state index is 5.86. The lowest BCUT2D eigenvalue weighted by molar-refractivity contribution is 0.406. The lowest BCUT2D eigenvalue weighted by atomic mass is 10.1. The molecule has 0 amide bonds. The first-order valence-electron chi connectivity index (χ1n) is 4.52. The quantitative estimate of drug-likeness (QED) is 0.332. The van der Waals surface area contributed by atoms with Crippen molar-refractivity contribution in [2.45, 2.75) is 25.0 Å². The molecule has 0 saturated heterocycles. The summed E-state index contributed by atoms with van der Waals surface area (Å²) in [5.74, 6) is -0.616. The van der Waals surface area contributed by atoms with Crippen LogP contribution in [0.3, 0.4) is 0 Å². The summed E-state index contributed by atoms with van der Waals surface area (Å²) in [6.45, 7) is 0.632. The first-order valence-corrected chi connectivity index (χ1v) is 4.52. The topological polar surface area (TPSA) is 141 Å². The van der Waals surface area contributed by atoms with Crippen molar-refractivity contribution < 1.29 is 0 Å². The summed E-state index contributed by atoms with van der Waals surface area (Å²) in [5.41, 5.74) is 22.2. The first-order chi connectivity index (χ1) is 6.56. The molecule has 0 bridgehead atoms. The second-order valence-electron chi connectivity index (χ2n) is 3.24. The standard InChI is InChI=1S/C7H17N7/c8-4-2-1-3-7(11)13-5(9)12-6(10)14-7/h1-4,8,11H2,(H5,9,10,12,13,14). The van der Waals surface area contributed by atoms with Crippen LogP contribution in [0.4, 0.5) is 0 Å². The van der Waals surface area contributed by atoms with Crippen molar-refractivity contribution in [1.82, 2.24) is 5.32 Å². The zero-order valence-corrected chi connectivity index (χ0v) is 8.03. The van der Waals surface area contributed by atoms with Crippen LogP contribution in [0, 0.1) is 0 Å². The third-order valence-corrected chi connectivity index (χ3v) is 1.88. The average Bonchev–Trinajstić information content (AvgIpc) is 2.01. The molecule has 1 aliphatic heterocycles. The van der Waals surface area contributed by atoms with Gasteiger partial charge in [0.15, 0.2) is 11.9 Å². The molecule has 1 heterocycles. The van der Waals surface area contributed by atoms with E-state index in [4.69, 9.17) is 22.9 Å². The molecule has 1 aliphatic rings. The zero-order chi connectivity index (χ0) is 10.6. The minimum Gasteiger partial charge on any atom is -0.370 e. The Morgan fingerprint density at radius 3 is 2.21 bits per heavy atom. The van der Waals surface area contributed by atoms with Gasteiger partial charge in [0.25, 0.3) is 0 Å². The molecule has 1 rings (SSSR count).